The molecule has 2 amide bonds. The number of amides is 2. The van der Waals surface area contributed by atoms with Crippen LogP contribution < -0.4 is 0 Å². The Morgan fingerprint density at radius 1 is 1.24 bits per heavy atom. The molecule has 0 unspecified atom stereocenters. The fraction of sp³-hybridized carbons (Fsp3) is 0.733. The zero-order valence-electron chi connectivity index (χ0n) is 12.7. The Morgan fingerprint density at radius 3 is 2.38 bits per heavy atom. The quantitative estimate of drug-likeness (QED) is 0.740. The summed E-state index contributed by atoms with van der Waals surface area (Å²) in [5.41, 5.74) is -0.710. The van der Waals surface area contributed by atoms with Gasteiger partial charge in [-0.2, -0.15) is 0 Å². The smallest absolute Gasteiger partial charge is 0.417 e. The standard InChI is InChI=1S/C15H21NO5/c1-15(2,3)21-14(20)16-7-6-11(17)10(13(16)19)8-12(18)9-4-5-9/h9-10H,4-8H2,1-3H3/t10-/m0/s1. The zero-order chi connectivity index (χ0) is 15.8. The van der Waals surface area contributed by atoms with Crippen molar-refractivity contribution in [1.82, 2.24) is 4.90 Å². The van der Waals surface area contributed by atoms with Gasteiger partial charge in [-0.15, -0.1) is 0 Å². The molecule has 0 aromatic rings. The summed E-state index contributed by atoms with van der Waals surface area (Å²) in [4.78, 5) is 49.0. The minimum absolute atomic E-state index is 0.00232. The molecule has 1 heterocycles. The third-order valence-electron chi connectivity index (χ3n) is 3.59. The van der Waals surface area contributed by atoms with Gasteiger partial charge in [0, 0.05) is 25.3 Å². The molecule has 0 aromatic carbocycles. The molecule has 0 spiro atoms. The molecule has 0 aromatic heterocycles. The number of ether oxygens (including phenoxy) is 1. The molecule has 1 saturated carbocycles. The number of nitrogens with zero attached hydrogens (tertiary/aromatic N) is 1. The van der Waals surface area contributed by atoms with E-state index in [0.717, 1.165) is 17.7 Å². The number of Topliss-reactive ketones (excluding diaryl/α,β-unsaturated/α-hetero) is 2. The van der Waals surface area contributed by atoms with E-state index in [1.807, 2.05) is 0 Å². The predicted molar refractivity (Wildman–Crippen MR) is 73.4 cm³/mol. The highest BCUT2D eigenvalue weighted by Crippen LogP contribution is 2.33. The molecule has 21 heavy (non-hydrogen) atoms. The Hall–Kier alpha value is -1.72. The average molecular weight is 295 g/mol. The largest absolute Gasteiger partial charge is 0.443 e. The molecule has 116 valence electrons. The van der Waals surface area contributed by atoms with Crippen molar-refractivity contribution in [2.24, 2.45) is 11.8 Å². The molecule has 0 bridgehead atoms. The fourth-order valence-corrected chi connectivity index (χ4v) is 2.30. The molecular weight excluding hydrogens is 274 g/mol. The van der Waals surface area contributed by atoms with Crippen molar-refractivity contribution in [2.45, 2.75) is 52.1 Å². The van der Waals surface area contributed by atoms with Crippen LogP contribution in [0.1, 0.15) is 46.5 Å². The van der Waals surface area contributed by atoms with E-state index in [2.05, 4.69) is 0 Å². The van der Waals surface area contributed by atoms with Crippen LogP contribution in [0.2, 0.25) is 0 Å². The second-order valence-electron chi connectivity index (χ2n) is 6.68. The first-order valence-corrected chi connectivity index (χ1v) is 7.29. The maximum Gasteiger partial charge on any atom is 0.417 e. The molecule has 0 radical (unpaired) electrons. The van der Waals surface area contributed by atoms with Crippen molar-refractivity contribution >= 4 is 23.6 Å². The molecule has 1 saturated heterocycles. The first-order valence-electron chi connectivity index (χ1n) is 7.29. The topological polar surface area (TPSA) is 80.8 Å². The first kappa shape index (κ1) is 15.7. The van der Waals surface area contributed by atoms with E-state index in [1.165, 1.54) is 0 Å². The van der Waals surface area contributed by atoms with E-state index in [9.17, 15) is 19.2 Å². The Bertz CT molecular complexity index is 487. The number of rotatable bonds is 3. The van der Waals surface area contributed by atoms with Crippen molar-refractivity contribution in [1.29, 1.82) is 0 Å². The van der Waals surface area contributed by atoms with Crippen LogP contribution in [0.25, 0.3) is 0 Å². The fourth-order valence-electron chi connectivity index (χ4n) is 2.30. The van der Waals surface area contributed by atoms with Crippen LogP contribution in [0.4, 0.5) is 4.79 Å². The van der Waals surface area contributed by atoms with Crippen molar-refractivity contribution in [3.8, 4) is 0 Å². The maximum atomic E-state index is 12.3. The van der Waals surface area contributed by atoms with Crippen LogP contribution >= 0.6 is 0 Å². The molecule has 2 fully saturated rings. The van der Waals surface area contributed by atoms with Gasteiger partial charge in [0.15, 0.2) is 0 Å². The number of hydrogen-bond donors (Lipinski definition) is 0. The summed E-state index contributed by atoms with van der Waals surface area (Å²) in [5.74, 6) is -1.92. The molecule has 6 nitrogen and oxygen atoms in total. The van der Waals surface area contributed by atoms with Gasteiger partial charge < -0.3 is 4.74 Å². The SMILES string of the molecule is CC(C)(C)OC(=O)N1CCC(=O)[C@H](CC(=O)C2CC2)C1=O. The van der Waals surface area contributed by atoms with Gasteiger partial charge in [-0.3, -0.25) is 14.4 Å². The highest BCUT2D eigenvalue weighted by molar-refractivity contribution is 6.10. The lowest BCUT2D eigenvalue weighted by Crippen LogP contribution is -2.50. The Balaban J connectivity index is 2.04. The summed E-state index contributed by atoms with van der Waals surface area (Å²) in [5, 5.41) is 0. The van der Waals surface area contributed by atoms with Gasteiger partial charge in [0.05, 0.1) is 0 Å². The van der Waals surface area contributed by atoms with E-state index >= 15 is 0 Å². The van der Waals surface area contributed by atoms with Crippen LogP contribution in [0, 0.1) is 11.8 Å². The average Bonchev–Trinajstić information content (AvgIpc) is 3.15. The van der Waals surface area contributed by atoms with Crippen LogP contribution in [-0.4, -0.2) is 40.6 Å². The van der Waals surface area contributed by atoms with Gasteiger partial charge in [-0.1, -0.05) is 0 Å². The number of hydrogen-bond acceptors (Lipinski definition) is 5. The van der Waals surface area contributed by atoms with Crippen LogP contribution in [-0.2, 0) is 19.1 Å². The molecule has 2 rings (SSSR count). The highest BCUT2D eigenvalue weighted by atomic mass is 16.6. The number of imide groups is 1. The van der Waals surface area contributed by atoms with E-state index in [0.29, 0.717) is 0 Å². The van der Waals surface area contributed by atoms with E-state index in [4.69, 9.17) is 4.74 Å². The Labute approximate surface area is 123 Å². The number of carbonyl (C=O) groups excluding carboxylic acids is 4. The summed E-state index contributed by atoms with van der Waals surface area (Å²) < 4.78 is 5.17. The lowest BCUT2D eigenvalue weighted by atomic mass is 9.90. The van der Waals surface area contributed by atoms with Crippen LogP contribution in [0.3, 0.4) is 0 Å². The second-order valence-corrected chi connectivity index (χ2v) is 6.68. The second kappa shape index (κ2) is 5.58. The molecular formula is C15H21NO5. The van der Waals surface area contributed by atoms with E-state index < -0.39 is 23.5 Å². The summed E-state index contributed by atoms with van der Waals surface area (Å²) >= 11 is 0. The van der Waals surface area contributed by atoms with Crippen molar-refractivity contribution in [3.63, 3.8) is 0 Å². The number of likely N-dealkylation sites (tertiary alicyclic amines) is 1. The van der Waals surface area contributed by atoms with Crippen LogP contribution in [0.15, 0.2) is 0 Å². The summed E-state index contributed by atoms with van der Waals surface area (Å²) in [6.07, 6.45) is 0.937. The van der Waals surface area contributed by atoms with Gasteiger partial charge >= 0.3 is 6.09 Å². The minimum atomic E-state index is -1.01. The summed E-state index contributed by atoms with van der Waals surface area (Å²) in [6, 6.07) is 0. The van der Waals surface area contributed by atoms with Crippen molar-refractivity contribution in [3.05, 3.63) is 0 Å². The molecule has 1 atom stereocenters. The van der Waals surface area contributed by atoms with Gasteiger partial charge in [0.1, 0.15) is 23.1 Å². The number of ketones is 2. The van der Waals surface area contributed by atoms with Gasteiger partial charge in [0.2, 0.25) is 5.91 Å². The summed E-state index contributed by atoms with van der Waals surface area (Å²) in [7, 11) is 0. The first-order chi connectivity index (χ1) is 9.69. The maximum absolute atomic E-state index is 12.3. The molecule has 1 aliphatic heterocycles. The van der Waals surface area contributed by atoms with Gasteiger partial charge in [-0.05, 0) is 33.6 Å². The predicted octanol–water partition coefficient (Wildman–Crippen LogP) is 1.71. The Morgan fingerprint density at radius 2 is 1.86 bits per heavy atom. The number of carbonyl (C=O) groups is 4. The zero-order valence-corrected chi connectivity index (χ0v) is 12.7. The van der Waals surface area contributed by atoms with Gasteiger partial charge in [0.25, 0.3) is 0 Å². The normalized spacial score (nSPS) is 23.2. The van der Waals surface area contributed by atoms with E-state index in [1.54, 1.807) is 20.8 Å². The summed E-state index contributed by atoms with van der Waals surface area (Å²) in [6.45, 7) is 5.15. The molecule has 2 aliphatic rings. The molecule has 1 aliphatic carbocycles. The van der Waals surface area contributed by atoms with E-state index in [-0.39, 0.29) is 36.9 Å². The highest BCUT2D eigenvalue weighted by Gasteiger charge is 2.42. The molecule has 0 N–H and O–H groups in total. The monoisotopic (exact) mass is 295 g/mol. The van der Waals surface area contributed by atoms with Crippen molar-refractivity contribution < 1.29 is 23.9 Å². The van der Waals surface area contributed by atoms with Crippen molar-refractivity contribution in [2.75, 3.05) is 6.54 Å². The third-order valence-corrected chi connectivity index (χ3v) is 3.59. The lowest BCUT2D eigenvalue weighted by molar-refractivity contribution is -0.147. The number of piperidine rings is 1. The Kier molecular flexibility index (Phi) is 4.16. The van der Waals surface area contributed by atoms with Crippen LogP contribution in [0.5, 0.6) is 0 Å². The lowest BCUT2D eigenvalue weighted by Gasteiger charge is -2.31. The third kappa shape index (κ3) is 3.89. The van der Waals surface area contributed by atoms with Gasteiger partial charge in [-0.25, -0.2) is 9.69 Å². The molecule has 6 heteroatoms. The minimum Gasteiger partial charge on any atom is -0.443 e.